The van der Waals surface area contributed by atoms with Crippen LogP contribution < -0.4 is 0 Å². The first kappa shape index (κ1) is 8.90. The summed E-state index contributed by atoms with van der Waals surface area (Å²) in [5, 5.41) is 6.75. The van der Waals surface area contributed by atoms with Crippen LogP contribution in [0.4, 0.5) is 0 Å². The minimum absolute atomic E-state index is 0.256. The molecule has 0 bridgehead atoms. The molecule has 4 nitrogen and oxygen atoms in total. The molecule has 5 heteroatoms. The number of halogens is 1. The number of hydrogen-bond acceptors (Lipinski definition) is 3. The number of aromatic nitrogens is 3. The lowest BCUT2D eigenvalue weighted by atomic mass is 10.1. The number of H-pyrrole nitrogens is 1. The Balaban J connectivity index is 2.57. The van der Waals surface area contributed by atoms with Crippen LogP contribution in [0.2, 0.25) is 5.15 Å². The summed E-state index contributed by atoms with van der Waals surface area (Å²) in [6.07, 6.45) is 3.95. The van der Waals surface area contributed by atoms with Crippen LogP contribution >= 0.6 is 11.6 Å². The van der Waals surface area contributed by atoms with Crippen molar-refractivity contribution in [2.24, 2.45) is 0 Å². The molecule has 2 heterocycles. The van der Waals surface area contributed by atoms with Crippen molar-refractivity contribution < 1.29 is 4.79 Å². The van der Waals surface area contributed by atoms with E-state index in [1.54, 1.807) is 24.5 Å². The predicted octanol–water partition coefficient (Wildman–Crippen LogP) is 1.94. The first-order valence-corrected chi connectivity index (χ1v) is 4.30. The lowest BCUT2D eigenvalue weighted by molar-refractivity contribution is 0.112. The molecular weight excluding hydrogens is 202 g/mol. The lowest BCUT2D eigenvalue weighted by Crippen LogP contribution is -1.84. The van der Waals surface area contributed by atoms with E-state index in [1.165, 1.54) is 0 Å². The van der Waals surface area contributed by atoms with Gasteiger partial charge in [0.25, 0.3) is 0 Å². The van der Waals surface area contributed by atoms with Gasteiger partial charge in [-0.15, -0.1) is 0 Å². The van der Waals surface area contributed by atoms with Gasteiger partial charge in [-0.3, -0.25) is 14.9 Å². The molecule has 2 aromatic rings. The van der Waals surface area contributed by atoms with Gasteiger partial charge in [0.2, 0.25) is 0 Å². The van der Waals surface area contributed by atoms with E-state index in [0.717, 1.165) is 5.56 Å². The molecule has 0 radical (unpaired) electrons. The Morgan fingerprint density at radius 1 is 1.36 bits per heavy atom. The van der Waals surface area contributed by atoms with Crippen molar-refractivity contribution in [3.63, 3.8) is 0 Å². The summed E-state index contributed by atoms with van der Waals surface area (Å²) in [7, 11) is 0. The molecule has 0 atom stereocenters. The Bertz CT molecular complexity index is 452. The molecule has 2 aromatic heterocycles. The van der Waals surface area contributed by atoms with Crippen LogP contribution in [0.5, 0.6) is 0 Å². The number of hydrogen-bond donors (Lipinski definition) is 1. The number of aromatic amines is 1. The summed E-state index contributed by atoms with van der Waals surface area (Å²) < 4.78 is 0. The van der Waals surface area contributed by atoms with E-state index in [1.807, 2.05) is 0 Å². The lowest BCUT2D eigenvalue weighted by Gasteiger charge is -1.95. The fourth-order valence-corrected chi connectivity index (χ4v) is 1.34. The molecule has 0 aliphatic rings. The van der Waals surface area contributed by atoms with E-state index in [9.17, 15) is 4.79 Å². The number of carbonyl (C=O) groups excluding carboxylic acids is 1. The molecule has 0 fully saturated rings. The van der Waals surface area contributed by atoms with E-state index in [0.29, 0.717) is 17.5 Å². The van der Waals surface area contributed by atoms with E-state index >= 15 is 0 Å². The molecule has 0 unspecified atom stereocenters. The maximum atomic E-state index is 10.7. The van der Waals surface area contributed by atoms with Gasteiger partial charge in [-0.25, -0.2) is 0 Å². The standard InChI is InChI=1S/C9H6ClN3O/c10-9-7(5-14)8(12-13-9)6-1-3-11-4-2-6/h1-5H,(H,12,13). The number of nitrogens with one attached hydrogen (secondary N) is 1. The van der Waals surface area contributed by atoms with Gasteiger partial charge in [0.1, 0.15) is 10.8 Å². The average molecular weight is 208 g/mol. The third-order valence-corrected chi connectivity index (χ3v) is 2.12. The zero-order valence-corrected chi connectivity index (χ0v) is 7.82. The van der Waals surface area contributed by atoms with Crippen LogP contribution in [0.3, 0.4) is 0 Å². The second-order valence-electron chi connectivity index (χ2n) is 2.65. The summed E-state index contributed by atoms with van der Waals surface area (Å²) in [6, 6.07) is 3.53. The van der Waals surface area contributed by atoms with Gasteiger partial charge in [0.15, 0.2) is 6.29 Å². The molecule has 2 rings (SSSR count). The predicted molar refractivity (Wildman–Crippen MR) is 52.2 cm³/mol. The van der Waals surface area contributed by atoms with Gasteiger partial charge < -0.3 is 0 Å². The average Bonchev–Trinajstić information content (AvgIpc) is 2.61. The quantitative estimate of drug-likeness (QED) is 0.766. The number of nitrogens with zero attached hydrogens (tertiary/aromatic N) is 2. The molecule has 14 heavy (non-hydrogen) atoms. The van der Waals surface area contributed by atoms with Crippen molar-refractivity contribution in [1.82, 2.24) is 15.2 Å². The van der Waals surface area contributed by atoms with Crippen LogP contribution in [0, 0.1) is 0 Å². The van der Waals surface area contributed by atoms with Crippen molar-refractivity contribution in [3.05, 3.63) is 35.2 Å². The summed E-state index contributed by atoms with van der Waals surface area (Å²) in [6.45, 7) is 0. The Labute approximate surface area is 84.9 Å². The topological polar surface area (TPSA) is 58.6 Å². The molecular formula is C9H6ClN3O. The fraction of sp³-hybridized carbons (Fsp3) is 0. The van der Waals surface area contributed by atoms with Crippen molar-refractivity contribution in [1.29, 1.82) is 0 Å². The molecule has 0 saturated carbocycles. The summed E-state index contributed by atoms with van der Waals surface area (Å²) in [4.78, 5) is 14.6. The molecule has 0 aliphatic heterocycles. The Morgan fingerprint density at radius 3 is 2.71 bits per heavy atom. The normalized spacial score (nSPS) is 10.1. The second-order valence-corrected chi connectivity index (χ2v) is 3.03. The monoisotopic (exact) mass is 207 g/mol. The number of aldehydes is 1. The van der Waals surface area contributed by atoms with E-state index < -0.39 is 0 Å². The van der Waals surface area contributed by atoms with Crippen molar-refractivity contribution in [2.45, 2.75) is 0 Å². The van der Waals surface area contributed by atoms with Crippen LogP contribution in [0.1, 0.15) is 10.4 Å². The highest BCUT2D eigenvalue weighted by atomic mass is 35.5. The first-order valence-electron chi connectivity index (χ1n) is 3.92. The number of carbonyl (C=O) groups is 1. The SMILES string of the molecule is O=Cc1c(-c2ccncc2)n[nH]c1Cl. The zero-order valence-electron chi connectivity index (χ0n) is 7.07. The van der Waals surface area contributed by atoms with Crippen molar-refractivity contribution >= 4 is 17.9 Å². The van der Waals surface area contributed by atoms with Gasteiger partial charge in [-0.2, -0.15) is 5.10 Å². The maximum absolute atomic E-state index is 10.7. The molecule has 0 saturated heterocycles. The van der Waals surface area contributed by atoms with Crippen molar-refractivity contribution in [3.8, 4) is 11.3 Å². The van der Waals surface area contributed by atoms with E-state index in [2.05, 4.69) is 15.2 Å². The smallest absolute Gasteiger partial charge is 0.155 e. The van der Waals surface area contributed by atoms with Crippen LogP contribution in [-0.2, 0) is 0 Å². The van der Waals surface area contributed by atoms with Crippen molar-refractivity contribution in [2.75, 3.05) is 0 Å². The molecule has 0 amide bonds. The molecule has 70 valence electrons. The van der Waals surface area contributed by atoms with Gasteiger partial charge in [-0.1, -0.05) is 11.6 Å². The van der Waals surface area contributed by atoms with Gasteiger partial charge in [0.05, 0.1) is 5.56 Å². The van der Waals surface area contributed by atoms with Crippen LogP contribution in [0.25, 0.3) is 11.3 Å². The molecule has 0 aromatic carbocycles. The minimum Gasteiger partial charge on any atom is -0.298 e. The van der Waals surface area contributed by atoms with E-state index in [4.69, 9.17) is 11.6 Å². The van der Waals surface area contributed by atoms with Crippen LogP contribution in [-0.4, -0.2) is 21.5 Å². The Kier molecular flexibility index (Phi) is 2.28. The highest BCUT2D eigenvalue weighted by molar-refractivity contribution is 6.32. The summed E-state index contributed by atoms with van der Waals surface area (Å²) in [5.41, 5.74) is 1.73. The Hall–Kier alpha value is -1.68. The van der Waals surface area contributed by atoms with Gasteiger partial charge >= 0.3 is 0 Å². The minimum atomic E-state index is 0.256. The zero-order chi connectivity index (χ0) is 9.97. The third-order valence-electron chi connectivity index (χ3n) is 1.83. The second kappa shape index (κ2) is 3.59. The largest absolute Gasteiger partial charge is 0.298 e. The molecule has 0 aliphatic carbocycles. The third kappa shape index (κ3) is 1.40. The summed E-state index contributed by atoms with van der Waals surface area (Å²) in [5.74, 6) is 0. The Morgan fingerprint density at radius 2 is 2.07 bits per heavy atom. The van der Waals surface area contributed by atoms with Gasteiger partial charge in [-0.05, 0) is 12.1 Å². The highest BCUT2D eigenvalue weighted by Gasteiger charge is 2.11. The number of pyridine rings is 1. The maximum Gasteiger partial charge on any atom is 0.155 e. The molecule has 1 N–H and O–H groups in total. The first-order chi connectivity index (χ1) is 6.83. The van der Waals surface area contributed by atoms with Gasteiger partial charge in [0, 0.05) is 18.0 Å². The molecule has 0 spiro atoms. The summed E-state index contributed by atoms with van der Waals surface area (Å²) >= 11 is 5.73. The van der Waals surface area contributed by atoms with E-state index in [-0.39, 0.29) is 5.15 Å². The fourth-order valence-electron chi connectivity index (χ4n) is 1.17. The van der Waals surface area contributed by atoms with Crippen LogP contribution in [0.15, 0.2) is 24.5 Å². The highest BCUT2D eigenvalue weighted by Crippen LogP contribution is 2.24. The number of rotatable bonds is 2.